The maximum absolute atomic E-state index is 13.8. The molecule has 0 saturated carbocycles. The van der Waals surface area contributed by atoms with Crippen LogP contribution in [0.3, 0.4) is 0 Å². The second-order valence-electron chi connectivity index (χ2n) is 8.98. The van der Waals surface area contributed by atoms with Gasteiger partial charge < -0.3 is 9.84 Å². The predicted molar refractivity (Wildman–Crippen MR) is 131 cm³/mol. The Morgan fingerprint density at radius 3 is 2.76 bits per heavy atom. The summed E-state index contributed by atoms with van der Waals surface area (Å²) in [6.45, 7) is 0.864. The quantitative estimate of drug-likeness (QED) is 0.282. The number of hydrogen-bond donors (Lipinski definition) is 1. The summed E-state index contributed by atoms with van der Waals surface area (Å²) in [6, 6.07) is 8.24. The van der Waals surface area contributed by atoms with Gasteiger partial charge in [-0.05, 0) is 55.6 Å². The highest BCUT2D eigenvalue weighted by molar-refractivity contribution is 6.07. The number of carbonyl (C=O) groups is 2. The Labute approximate surface area is 212 Å². The van der Waals surface area contributed by atoms with Crippen LogP contribution < -0.4 is 4.74 Å². The van der Waals surface area contributed by atoms with Crippen LogP contribution in [-0.4, -0.2) is 53.5 Å². The van der Waals surface area contributed by atoms with Crippen molar-refractivity contribution in [3.05, 3.63) is 71.2 Å². The summed E-state index contributed by atoms with van der Waals surface area (Å²) < 4.78 is 45.8. The van der Waals surface area contributed by atoms with E-state index in [1.165, 1.54) is 0 Å². The van der Waals surface area contributed by atoms with Crippen LogP contribution in [0.25, 0.3) is 10.9 Å². The number of Topliss-reactive ketones (excluding diaryl/α,β-unsaturated/α-hetero) is 1. The van der Waals surface area contributed by atoms with E-state index in [0.717, 1.165) is 6.07 Å². The fourth-order valence-electron chi connectivity index (χ4n) is 4.68. The van der Waals surface area contributed by atoms with Crippen molar-refractivity contribution in [3.8, 4) is 17.6 Å². The van der Waals surface area contributed by atoms with Gasteiger partial charge in [-0.25, -0.2) is 13.2 Å². The minimum atomic E-state index is -1.32. The van der Waals surface area contributed by atoms with Crippen LogP contribution >= 0.6 is 0 Å². The van der Waals surface area contributed by atoms with E-state index in [1.807, 2.05) is 0 Å². The molecule has 192 valence electrons. The van der Waals surface area contributed by atoms with Gasteiger partial charge >= 0.3 is 5.97 Å². The second-order valence-corrected chi connectivity index (χ2v) is 8.98. The third-order valence-electron chi connectivity index (χ3n) is 6.67. The van der Waals surface area contributed by atoms with Gasteiger partial charge in [0.2, 0.25) is 0 Å². The van der Waals surface area contributed by atoms with Gasteiger partial charge in [0.1, 0.15) is 11.6 Å². The zero-order valence-corrected chi connectivity index (χ0v) is 20.1. The molecule has 0 radical (unpaired) electrons. The molecular weight excluding hydrogens is 485 g/mol. The number of carboxylic acids is 1. The van der Waals surface area contributed by atoms with Crippen molar-refractivity contribution in [2.24, 2.45) is 11.8 Å². The molecule has 9 heteroatoms. The van der Waals surface area contributed by atoms with Crippen LogP contribution in [0.2, 0.25) is 0 Å². The number of ether oxygens (including phenoxy) is 1. The van der Waals surface area contributed by atoms with Crippen LogP contribution in [0.4, 0.5) is 13.2 Å². The number of carbonyl (C=O) groups excluding carboxylic acids is 1. The molecule has 0 spiro atoms. The lowest BCUT2D eigenvalue weighted by Gasteiger charge is -2.35. The number of benzene rings is 2. The van der Waals surface area contributed by atoms with Gasteiger partial charge in [0.15, 0.2) is 17.4 Å². The van der Waals surface area contributed by atoms with E-state index in [1.54, 1.807) is 42.5 Å². The Bertz CT molecular complexity index is 1400. The van der Waals surface area contributed by atoms with E-state index in [-0.39, 0.29) is 36.8 Å². The Balaban J connectivity index is 1.39. The number of rotatable bonds is 7. The Kier molecular flexibility index (Phi) is 8.09. The summed E-state index contributed by atoms with van der Waals surface area (Å²) in [5.41, 5.74) is 0.803. The molecule has 2 unspecified atom stereocenters. The third kappa shape index (κ3) is 6.09. The number of aromatic nitrogens is 1. The SMILES string of the molecule is COc1ccc2nccc(C(=O)CCC3CCN(CC#Cc4cc(F)cc(F)c4F)CC3C(=O)O)c2c1. The van der Waals surface area contributed by atoms with Gasteiger partial charge in [0.25, 0.3) is 0 Å². The Hall–Kier alpha value is -3.90. The van der Waals surface area contributed by atoms with E-state index in [0.29, 0.717) is 47.7 Å². The van der Waals surface area contributed by atoms with Crippen LogP contribution in [-0.2, 0) is 4.79 Å². The van der Waals surface area contributed by atoms with Crippen molar-refractivity contribution in [3.63, 3.8) is 0 Å². The molecule has 2 heterocycles. The number of pyridine rings is 1. The van der Waals surface area contributed by atoms with Crippen LogP contribution in [0, 0.1) is 41.1 Å². The number of hydrogen-bond acceptors (Lipinski definition) is 5. The monoisotopic (exact) mass is 510 g/mol. The summed E-state index contributed by atoms with van der Waals surface area (Å²) in [4.78, 5) is 31.1. The topological polar surface area (TPSA) is 79.7 Å². The van der Waals surface area contributed by atoms with Crippen molar-refractivity contribution in [2.45, 2.75) is 19.3 Å². The molecule has 1 aliphatic rings. The van der Waals surface area contributed by atoms with Gasteiger partial charge in [-0.2, -0.15) is 0 Å². The number of aliphatic carboxylic acids is 1. The third-order valence-corrected chi connectivity index (χ3v) is 6.67. The van der Waals surface area contributed by atoms with Gasteiger partial charge in [-0.1, -0.05) is 11.8 Å². The number of ketones is 1. The molecule has 0 bridgehead atoms. The van der Waals surface area contributed by atoms with Crippen molar-refractivity contribution in [1.29, 1.82) is 0 Å². The number of halogens is 3. The molecule has 1 aliphatic heterocycles. The maximum atomic E-state index is 13.8. The number of carboxylic acid groups (broad SMARTS) is 1. The minimum Gasteiger partial charge on any atom is -0.497 e. The standard InChI is InChI=1S/C28H25F3N2O4/c1-37-20-5-6-25-22(15-20)21(8-10-32-25)26(34)7-4-17-9-12-33(16-23(17)28(35)36)11-2-3-18-13-19(29)14-24(30)27(18)31/h5-6,8,10,13-15,17,23H,4,7,9,11-12,16H2,1H3,(H,35,36). The molecule has 1 fully saturated rings. The van der Waals surface area contributed by atoms with E-state index in [9.17, 15) is 27.9 Å². The smallest absolute Gasteiger partial charge is 0.308 e. The average Bonchev–Trinajstić information content (AvgIpc) is 2.89. The van der Waals surface area contributed by atoms with Crippen molar-refractivity contribution in [2.75, 3.05) is 26.7 Å². The number of likely N-dealkylation sites (tertiary alicyclic amines) is 1. The highest BCUT2D eigenvalue weighted by atomic mass is 19.2. The molecule has 0 amide bonds. The fourth-order valence-corrected chi connectivity index (χ4v) is 4.68. The van der Waals surface area contributed by atoms with E-state index < -0.39 is 29.3 Å². The van der Waals surface area contributed by atoms with Crippen LogP contribution in [0.1, 0.15) is 35.2 Å². The molecule has 37 heavy (non-hydrogen) atoms. The average molecular weight is 511 g/mol. The molecule has 1 N–H and O–H groups in total. The largest absolute Gasteiger partial charge is 0.497 e. The van der Waals surface area contributed by atoms with Gasteiger partial charge in [-0.15, -0.1) is 0 Å². The maximum Gasteiger partial charge on any atom is 0.308 e. The molecule has 6 nitrogen and oxygen atoms in total. The van der Waals surface area contributed by atoms with Gasteiger partial charge in [-0.3, -0.25) is 19.5 Å². The Morgan fingerprint density at radius 1 is 1.19 bits per heavy atom. The highest BCUT2D eigenvalue weighted by Crippen LogP contribution is 2.30. The Morgan fingerprint density at radius 2 is 2.00 bits per heavy atom. The summed E-state index contributed by atoms with van der Waals surface area (Å²) in [7, 11) is 1.54. The van der Waals surface area contributed by atoms with E-state index in [2.05, 4.69) is 16.8 Å². The van der Waals surface area contributed by atoms with Crippen molar-refractivity contribution in [1.82, 2.24) is 9.88 Å². The van der Waals surface area contributed by atoms with Crippen LogP contribution in [0.5, 0.6) is 5.75 Å². The molecular formula is C28H25F3N2O4. The fraction of sp³-hybridized carbons (Fsp3) is 0.321. The first-order valence-corrected chi connectivity index (χ1v) is 11.8. The lowest BCUT2D eigenvalue weighted by molar-refractivity contribution is -0.146. The highest BCUT2D eigenvalue weighted by Gasteiger charge is 2.34. The number of piperidine rings is 1. The van der Waals surface area contributed by atoms with Gasteiger partial charge in [0, 0.05) is 36.2 Å². The summed E-state index contributed by atoms with van der Waals surface area (Å²) in [6.07, 6.45) is 2.72. The zero-order valence-electron chi connectivity index (χ0n) is 20.1. The van der Waals surface area contributed by atoms with E-state index in [4.69, 9.17) is 4.74 Å². The van der Waals surface area contributed by atoms with E-state index >= 15 is 0 Å². The first-order chi connectivity index (χ1) is 17.8. The number of methoxy groups -OCH3 is 1. The minimum absolute atomic E-state index is 0.0950. The molecule has 2 aromatic carbocycles. The normalized spacial score (nSPS) is 17.7. The van der Waals surface area contributed by atoms with Crippen molar-refractivity contribution < 1.29 is 32.6 Å². The molecule has 2 atom stereocenters. The zero-order chi connectivity index (χ0) is 26.5. The lowest BCUT2D eigenvalue weighted by atomic mass is 9.81. The second kappa shape index (κ2) is 11.4. The predicted octanol–water partition coefficient (Wildman–Crippen LogP) is 4.70. The first kappa shape index (κ1) is 26.2. The van der Waals surface area contributed by atoms with Crippen molar-refractivity contribution >= 4 is 22.7 Å². The summed E-state index contributed by atoms with van der Waals surface area (Å²) >= 11 is 0. The van der Waals surface area contributed by atoms with Gasteiger partial charge in [0.05, 0.1) is 30.7 Å². The molecule has 4 rings (SSSR count). The molecule has 1 saturated heterocycles. The lowest BCUT2D eigenvalue weighted by Crippen LogP contribution is -2.44. The summed E-state index contributed by atoms with van der Waals surface area (Å²) in [5.74, 6) is 0.279. The molecule has 0 aliphatic carbocycles. The first-order valence-electron chi connectivity index (χ1n) is 11.8. The number of nitrogens with zero attached hydrogens (tertiary/aromatic N) is 2. The molecule has 3 aromatic rings. The van der Waals surface area contributed by atoms with Crippen LogP contribution in [0.15, 0.2) is 42.6 Å². The summed E-state index contributed by atoms with van der Waals surface area (Å²) in [5, 5.41) is 10.5. The molecule has 1 aromatic heterocycles. The number of fused-ring (bicyclic) bond motifs is 1.